The van der Waals surface area contributed by atoms with Crippen LogP contribution in [-0.4, -0.2) is 45.7 Å². The second-order valence-electron chi connectivity index (χ2n) is 7.54. The number of fused-ring (bicyclic) bond motifs is 1. The highest BCUT2D eigenvalue weighted by molar-refractivity contribution is 7.10. The minimum absolute atomic E-state index is 0.116. The lowest BCUT2D eigenvalue weighted by Gasteiger charge is -2.45. The molecule has 1 atom stereocenters. The Balaban J connectivity index is 1.87. The van der Waals surface area contributed by atoms with Gasteiger partial charge in [-0.1, -0.05) is 32.8 Å². The van der Waals surface area contributed by atoms with E-state index in [0.29, 0.717) is 6.04 Å². The molecule has 0 aromatic carbocycles. The van der Waals surface area contributed by atoms with Crippen LogP contribution in [0.4, 0.5) is 0 Å². The fourth-order valence-corrected chi connectivity index (χ4v) is 5.24. The first-order valence-electron chi connectivity index (χ1n) is 10.1. The van der Waals surface area contributed by atoms with Crippen molar-refractivity contribution in [1.82, 2.24) is 14.8 Å². The molecular weight excluding hydrogens is 356 g/mol. The molecule has 1 aromatic rings. The van der Waals surface area contributed by atoms with Crippen LogP contribution in [0.1, 0.15) is 63.8 Å². The molecule has 2 aliphatic heterocycles. The zero-order valence-electron chi connectivity index (χ0n) is 16.4. The van der Waals surface area contributed by atoms with Gasteiger partial charge in [-0.3, -0.25) is 4.79 Å². The molecule has 0 N–H and O–H groups in total. The van der Waals surface area contributed by atoms with E-state index in [1.54, 1.807) is 11.3 Å². The van der Waals surface area contributed by atoms with Gasteiger partial charge in [-0.25, -0.2) is 9.98 Å². The fraction of sp³-hybridized carbons (Fsp3) is 0.571. The molecule has 3 aliphatic rings. The number of allylic oxidation sites excluding steroid dienone is 2. The molecule has 6 heteroatoms. The lowest BCUT2D eigenvalue weighted by Crippen LogP contribution is -2.60. The molecule has 0 bridgehead atoms. The standard InChI is InChI=1S/C21H28N4OS/c1-4-14-10-11-17-19(23-18(14)20-22-12-13-27-20)25(15-8-6-7-9-15)16(5-2)21(26)24(17)3/h11-13,15-16H,4-10H2,1-3H3. The molecule has 1 aliphatic carbocycles. The molecule has 1 unspecified atom stereocenters. The van der Waals surface area contributed by atoms with Crippen molar-refractivity contribution < 1.29 is 4.79 Å². The zero-order valence-corrected chi connectivity index (χ0v) is 17.3. The second kappa shape index (κ2) is 7.58. The number of amidine groups is 1. The van der Waals surface area contributed by atoms with Gasteiger partial charge in [0.2, 0.25) is 5.91 Å². The highest BCUT2D eigenvalue weighted by Crippen LogP contribution is 2.37. The van der Waals surface area contributed by atoms with Crippen molar-refractivity contribution in [2.24, 2.45) is 4.99 Å². The molecular formula is C21H28N4OS. The summed E-state index contributed by atoms with van der Waals surface area (Å²) in [5.74, 6) is 1.18. The highest BCUT2D eigenvalue weighted by atomic mass is 32.1. The van der Waals surface area contributed by atoms with Crippen molar-refractivity contribution in [1.29, 1.82) is 0 Å². The van der Waals surface area contributed by atoms with Gasteiger partial charge in [-0.2, -0.15) is 0 Å². The Morgan fingerprint density at radius 2 is 2.04 bits per heavy atom. The summed E-state index contributed by atoms with van der Waals surface area (Å²) < 4.78 is 0. The van der Waals surface area contributed by atoms with Gasteiger partial charge in [0.05, 0.1) is 5.70 Å². The van der Waals surface area contributed by atoms with Crippen LogP contribution in [0.2, 0.25) is 0 Å². The van der Waals surface area contributed by atoms with Crippen LogP contribution in [0, 0.1) is 0 Å². The summed E-state index contributed by atoms with van der Waals surface area (Å²) in [6, 6.07) is 0.296. The number of rotatable bonds is 4. The number of thiazole rings is 1. The Bertz CT molecular complexity index is 802. The van der Waals surface area contributed by atoms with Gasteiger partial charge in [0, 0.05) is 24.7 Å². The lowest BCUT2D eigenvalue weighted by molar-refractivity contribution is -0.134. The summed E-state index contributed by atoms with van der Waals surface area (Å²) in [5, 5.41) is 2.99. The first kappa shape index (κ1) is 18.4. The molecule has 1 saturated heterocycles. The topological polar surface area (TPSA) is 48.8 Å². The number of nitrogens with zero attached hydrogens (tertiary/aromatic N) is 4. The van der Waals surface area contributed by atoms with Crippen LogP contribution in [-0.2, 0) is 4.79 Å². The highest BCUT2D eigenvalue weighted by Gasteiger charge is 2.43. The summed E-state index contributed by atoms with van der Waals surface area (Å²) in [6.45, 7) is 4.29. The Labute approximate surface area is 165 Å². The lowest BCUT2D eigenvalue weighted by atomic mass is 10.0. The van der Waals surface area contributed by atoms with E-state index in [-0.39, 0.29) is 11.9 Å². The number of amides is 1. The van der Waals surface area contributed by atoms with E-state index < -0.39 is 0 Å². The maximum absolute atomic E-state index is 13.1. The van der Waals surface area contributed by atoms with Crippen LogP contribution in [0.3, 0.4) is 0 Å². The van der Waals surface area contributed by atoms with Crippen LogP contribution in [0.25, 0.3) is 5.70 Å². The second-order valence-corrected chi connectivity index (χ2v) is 8.43. The third-order valence-corrected chi connectivity index (χ3v) is 6.83. The summed E-state index contributed by atoms with van der Waals surface area (Å²) in [4.78, 5) is 27.1. The smallest absolute Gasteiger partial charge is 0.249 e. The van der Waals surface area contributed by atoms with Crippen molar-refractivity contribution in [3.63, 3.8) is 0 Å². The molecule has 1 aromatic heterocycles. The SMILES string of the molecule is CCC1=C(c2nccs2)N=C2C(=CC1)N(C)C(=O)C(CC)N2C1CCCC1. The zero-order chi connectivity index (χ0) is 19.0. The summed E-state index contributed by atoms with van der Waals surface area (Å²) in [6.07, 6.45) is 11.4. The predicted molar refractivity (Wildman–Crippen MR) is 110 cm³/mol. The van der Waals surface area contributed by atoms with Crippen molar-refractivity contribution in [2.75, 3.05) is 7.05 Å². The van der Waals surface area contributed by atoms with Crippen molar-refractivity contribution in [3.8, 4) is 0 Å². The van der Waals surface area contributed by atoms with Crippen LogP contribution < -0.4 is 0 Å². The van der Waals surface area contributed by atoms with Crippen molar-refractivity contribution in [3.05, 3.63) is 33.9 Å². The van der Waals surface area contributed by atoms with E-state index in [9.17, 15) is 4.79 Å². The van der Waals surface area contributed by atoms with Gasteiger partial charge < -0.3 is 9.80 Å². The van der Waals surface area contributed by atoms with Gasteiger partial charge in [0.15, 0.2) is 5.84 Å². The fourth-order valence-electron chi connectivity index (χ4n) is 4.57. The molecule has 1 amide bonds. The molecule has 2 fully saturated rings. The van der Waals surface area contributed by atoms with E-state index in [1.165, 1.54) is 18.4 Å². The quantitative estimate of drug-likeness (QED) is 0.771. The molecule has 4 rings (SSSR count). The normalized spacial score (nSPS) is 24.1. The number of carbonyl (C=O) groups is 1. The number of piperazine rings is 1. The molecule has 3 heterocycles. The monoisotopic (exact) mass is 384 g/mol. The molecule has 27 heavy (non-hydrogen) atoms. The average Bonchev–Trinajstić information content (AvgIpc) is 3.36. The van der Waals surface area contributed by atoms with E-state index in [2.05, 4.69) is 29.8 Å². The largest absolute Gasteiger partial charge is 0.340 e. The minimum atomic E-state index is -0.116. The van der Waals surface area contributed by atoms with Gasteiger partial charge >= 0.3 is 0 Å². The number of aromatic nitrogens is 1. The molecule has 5 nitrogen and oxygen atoms in total. The number of aliphatic imine (C=N–C) groups is 1. The van der Waals surface area contributed by atoms with E-state index in [4.69, 9.17) is 4.99 Å². The van der Waals surface area contributed by atoms with Crippen LogP contribution in [0.15, 0.2) is 33.9 Å². The van der Waals surface area contributed by atoms with Crippen LogP contribution >= 0.6 is 11.3 Å². The van der Waals surface area contributed by atoms with Gasteiger partial charge in [0.1, 0.15) is 16.7 Å². The first-order chi connectivity index (χ1) is 13.2. The third-order valence-electron chi connectivity index (χ3n) is 6.05. The Kier molecular flexibility index (Phi) is 5.17. The average molecular weight is 385 g/mol. The van der Waals surface area contributed by atoms with E-state index >= 15 is 0 Å². The van der Waals surface area contributed by atoms with E-state index in [0.717, 1.165) is 54.3 Å². The van der Waals surface area contributed by atoms with Crippen molar-refractivity contribution >= 4 is 28.8 Å². The number of likely N-dealkylation sites (N-methyl/N-ethyl adjacent to an activating group) is 1. The number of carbonyl (C=O) groups excluding carboxylic acids is 1. The summed E-state index contributed by atoms with van der Waals surface area (Å²) in [5.41, 5.74) is 3.27. The van der Waals surface area contributed by atoms with Gasteiger partial charge in [-0.05, 0) is 37.7 Å². The molecule has 1 saturated carbocycles. The minimum Gasteiger partial charge on any atom is -0.340 e. The Morgan fingerprint density at radius 1 is 1.26 bits per heavy atom. The van der Waals surface area contributed by atoms with E-state index in [1.807, 2.05) is 23.5 Å². The predicted octanol–water partition coefficient (Wildman–Crippen LogP) is 4.45. The number of hydrogen-bond acceptors (Lipinski definition) is 5. The molecule has 144 valence electrons. The maximum atomic E-state index is 13.1. The molecule has 0 radical (unpaired) electrons. The Morgan fingerprint density at radius 3 is 2.67 bits per heavy atom. The van der Waals surface area contributed by atoms with Gasteiger partial charge in [0.25, 0.3) is 0 Å². The summed E-state index contributed by atoms with van der Waals surface area (Å²) >= 11 is 1.64. The third kappa shape index (κ3) is 3.14. The first-order valence-corrected chi connectivity index (χ1v) is 11.0. The maximum Gasteiger partial charge on any atom is 0.249 e. The van der Waals surface area contributed by atoms with Crippen molar-refractivity contribution in [2.45, 2.75) is 70.9 Å². The number of hydrogen-bond donors (Lipinski definition) is 0. The van der Waals surface area contributed by atoms with Crippen LogP contribution in [0.5, 0.6) is 0 Å². The van der Waals surface area contributed by atoms with Gasteiger partial charge in [-0.15, -0.1) is 11.3 Å². The Hall–Kier alpha value is -1.95. The summed E-state index contributed by atoms with van der Waals surface area (Å²) in [7, 11) is 1.90. The molecule has 0 spiro atoms.